The fourth-order valence-corrected chi connectivity index (χ4v) is 2.96. The van der Waals surface area contributed by atoms with Crippen molar-refractivity contribution in [2.75, 3.05) is 19.6 Å². The lowest BCUT2D eigenvalue weighted by Gasteiger charge is -2.13. The van der Waals surface area contributed by atoms with E-state index < -0.39 is 6.10 Å². The van der Waals surface area contributed by atoms with Gasteiger partial charge in [-0.2, -0.15) is 0 Å². The summed E-state index contributed by atoms with van der Waals surface area (Å²) in [6.07, 6.45) is -0.323. The molecule has 3 rings (SSSR count). The highest BCUT2D eigenvalue weighted by atomic mass is 35.5. The Balaban J connectivity index is 0.00000261. The largest absolute Gasteiger partial charge is 0.491 e. The Kier molecular flexibility index (Phi) is 7.18. The van der Waals surface area contributed by atoms with Crippen LogP contribution in [0.15, 0.2) is 24.3 Å². The number of carbonyl (C=O) groups is 1. The normalized spacial score (nSPS) is 19.0. The van der Waals surface area contributed by atoms with Crippen molar-refractivity contribution in [2.45, 2.75) is 33.0 Å². The molecule has 9 heteroatoms. The number of hydrogen-bond acceptors (Lipinski definition) is 6. The van der Waals surface area contributed by atoms with Gasteiger partial charge in [0, 0.05) is 25.6 Å². The van der Waals surface area contributed by atoms with E-state index in [1.807, 2.05) is 38.1 Å². The number of rotatable bonds is 6. The molecule has 2 heterocycles. The second-order valence-corrected chi connectivity index (χ2v) is 6.79. The van der Waals surface area contributed by atoms with Gasteiger partial charge in [-0.05, 0) is 45.0 Å². The molecule has 1 aliphatic rings. The van der Waals surface area contributed by atoms with Crippen LogP contribution < -0.4 is 15.4 Å². The molecule has 1 aliphatic heterocycles. The van der Waals surface area contributed by atoms with Gasteiger partial charge >= 0.3 is 0 Å². The van der Waals surface area contributed by atoms with Gasteiger partial charge in [-0.15, -0.1) is 17.5 Å². The summed E-state index contributed by atoms with van der Waals surface area (Å²) < 4.78 is 7.26. The Labute approximate surface area is 164 Å². The van der Waals surface area contributed by atoms with Crippen molar-refractivity contribution in [3.8, 4) is 11.4 Å². The fraction of sp³-hybridized carbons (Fsp3) is 0.500. The summed E-state index contributed by atoms with van der Waals surface area (Å²) in [4.78, 5) is 12.4. The van der Waals surface area contributed by atoms with Crippen LogP contribution in [-0.2, 0) is 0 Å². The molecule has 3 N–H and O–H groups in total. The molecule has 1 aromatic carbocycles. The molecule has 0 radical (unpaired) electrons. The third-order valence-corrected chi connectivity index (χ3v) is 4.39. The second kappa shape index (κ2) is 9.16. The molecule has 8 nitrogen and oxygen atoms in total. The third-order valence-electron chi connectivity index (χ3n) is 4.39. The molecule has 1 saturated heterocycles. The molecule has 2 unspecified atom stereocenters. The number of nitrogens with one attached hydrogen (secondary N) is 2. The van der Waals surface area contributed by atoms with Gasteiger partial charge in [-0.25, -0.2) is 4.68 Å². The van der Waals surface area contributed by atoms with Crippen molar-refractivity contribution in [1.29, 1.82) is 0 Å². The lowest BCUT2D eigenvalue weighted by atomic mass is 10.1. The Morgan fingerprint density at radius 1 is 1.37 bits per heavy atom. The van der Waals surface area contributed by atoms with Crippen molar-refractivity contribution < 1.29 is 14.6 Å². The number of aliphatic hydroxyl groups excluding tert-OH is 1. The van der Waals surface area contributed by atoms with E-state index in [9.17, 15) is 9.90 Å². The molecule has 2 aromatic rings. The lowest BCUT2D eigenvalue weighted by molar-refractivity contribution is 0.0921. The van der Waals surface area contributed by atoms with E-state index in [4.69, 9.17) is 4.74 Å². The van der Waals surface area contributed by atoms with Crippen molar-refractivity contribution in [3.63, 3.8) is 0 Å². The number of nitrogens with zero attached hydrogens (tertiary/aromatic N) is 3. The number of benzene rings is 1. The molecular weight excluding hydrogens is 370 g/mol. The van der Waals surface area contributed by atoms with Crippen LogP contribution in [0.3, 0.4) is 0 Å². The zero-order chi connectivity index (χ0) is 18.7. The smallest absolute Gasteiger partial charge is 0.273 e. The van der Waals surface area contributed by atoms with Gasteiger partial charge in [0.05, 0.1) is 23.6 Å². The number of halogens is 1. The minimum Gasteiger partial charge on any atom is -0.491 e. The van der Waals surface area contributed by atoms with E-state index >= 15 is 0 Å². The Morgan fingerprint density at radius 2 is 2.07 bits per heavy atom. The summed E-state index contributed by atoms with van der Waals surface area (Å²) in [5.41, 5.74) is 1.75. The van der Waals surface area contributed by atoms with E-state index in [1.54, 1.807) is 11.6 Å². The molecule has 1 aromatic heterocycles. The van der Waals surface area contributed by atoms with E-state index in [0.29, 0.717) is 25.3 Å². The second-order valence-electron chi connectivity index (χ2n) is 6.79. The van der Waals surface area contributed by atoms with E-state index in [-0.39, 0.29) is 36.0 Å². The molecule has 0 aliphatic carbocycles. The molecular formula is C18H26ClN5O3. The Morgan fingerprint density at radius 3 is 2.67 bits per heavy atom. The number of β-amino-alcohol motifs (C(OH)–C–C–N with tert-alkyl or cyclic N) is 1. The van der Waals surface area contributed by atoms with Gasteiger partial charge < -0.3 is 20.5 Å². The number of amides is 1. The molecule has 0 bridgehead atoms. The van der Waals surface area contributed by atoms with Gasteiger partial charge in [0.25, 0.3) is 5.91 Å². The first-order valence-corrected chi connectivity index (χ1v) is 8.82. The SMILES string of the molecule is Cc1c(C(=O)NCC2CNCC2O)nnn1-c1ccc(OC(C)C)cc1.Cl. The van der Waals surface area contributed by atoms with Crippen LogP contribution in [0.4, 0.5) is 0 Å². The zero-order valence-corrected chi connectivity index (χ0v) is 16.5. The van der Waals surface area contributed by atoms with E-state index in [0.717, 1.165) is 11.4 Å². The maximum atomic E-state index is 12.4. The summed E-state index contributed by atoms with van der Waals surface area (Å²) >= 11 is 0. The van der Waals surface area contributed by atoms with Crippen LogP contribution in [-0.4, -0.2) is 57.8 Å². The van der Waals surface area contributed by atoms with Gasteiger partial charge in [0.15, 0.2) is 5.69 Å². The summed E-state index contributed by atoms with van der Waals surface area (Å²) in [5.74, 6) is 0.513. The first-order valence-electron chi connectivity index (χ1n) is 8.82. The van der Waals surface area contributed by atoms with Crippen LogP contribution in [0.1, 0.15) is 30.0 Å². The first-order chi connectivity index (χ1) is 12.5. The molecule has 148 valence electrons. The highest BCUT2D eigenvalue weighted by Crippen LogP contribution is 2.18. The minimum absolute atomic E-state index is 0. The lowest BCUT2D eigenvalue weighted by Crippen LogP contribution is -2.34. The maximum absolute atomic E-state index is 12.4. The number of ether oxygens (including phenoxy) is 1. The summed E-state index contributed by atoms with van der Waals surface area (Å²) in [7, 11) is 0. The molecule has 0 saturated carbocycles. The quantitative estimate of drug-likeness (QED) is 0.677. The summed E-state index contributed by atoms with van der Waals surface area (Å²) in [6, 6.07) is 7.48. The third kappa shape index (κ3) is 4.97. The molecule has 1 amide bonds. The topological polar surface area (TPSA) is 101 Å². The summed E-state index contributed by atoms with van der Waals surface area (Å²) in [5, 5.41) is 23.8. The van der Waals surface area contributed by atoms with Crippen LogP contribution >= 0.6 is 12.4 Å². The Hall–Kier alpha value is -2.16. The number of hydrogen-bond donors (Lipinski definition) is 3. The predicted molar refractivity (Wildman–Crippen MR) is 104 cm³/mol. The predicted octanol–water partition coefficient (Wildman–Crippen LogP) is 1.09. The van der Waals surface area contributed by atoms with Crippen molar-refractivity contribution in [1.82, 2.24) is 25.6 Å². The molecule has 2 atom stereocenters. The van der Waals surface area contributed by atoms with Gasteiger partial charge in [-0.3, -0.25) is 4.79 Å². The van der Waals surface area contributed by atoms with E-state index in [1.165, 1.54) is 0 Å². The molecule has 1 fully saturated rings. The average Bonchev–Trinajstić information content (AvgIpc) is 3.19. The van der Waals surface area contributed by atoms with Crippen molar-refractivity contribution >= 4 is 18.3 Å². The first kappa shape index (κ1) is 21.1. The van der Waals surface area contributed by atoms with Crippen LogP contribution in [0.5, 0.6) is 5.75 Å². The fourth-order valence-electron chi connectivity index (χ4n) is 2.96. The Bertz CT molecular complexity index is 763. The summed E-state index contributed by atoms with van der Waals surface area (Å²) in [6.45, 7) is 7.41. The molecule has 27 heavy (non-hydrogen) atoms. The minimum atomic E-state index is -0.432. The zero-order valence-electron chi connectivity index (χ0n) is 15.7. The molecule has 0 spiro atoms. The highest BCUT2D eigenvalue weighted by molar-refractivity contribution is 5.93. The maximum Gasteiger partial charge on any atom is 0.273 e. The van der Waals surface area contributed by atoms with E-state index in [2.05, 4.69) is 20.9 Å². The van der Waals surface area contributed by atoms with Crippen LogP contribution in [0.25, 0.3) is 5.69 Å². The number of carbonyl (C=O) groups excluding carboxylic acids is 1. The van der Waals surface area contributed by atoms with Gasteiger partial charge in [0.1, 0.15) is 5.75 Å². The standard InChI is InChI=1S/C18H25N5O3.ClH/c1-11(2)26-15-6-4-14(5-7-15)23-12(3)17(21-22-23)18(25)20-9-13-8-19-10-16(13)24;/h4-7,11,13,16,19,24H,8-10H2,1-3H3,(H,20,25);1H. The number of aliphatic hydroxyl groups is 1. The van der Waals surface area contributed by atoms with Crippen molar-refractivity contribution in [3.05, 3.63) is 35.7 Å². The van der Waals surface area contributed by atoms with Gasteiger partial charge in [0.2, 0.25) is 0 Å². The van der Waals surface area contributed by atoms with Gasteiger partial charge in [-0.1, -0.05) is 5.21 Å². The van der Waals surface area contributed by atoms with Crippen molar-refractivity contribution in [2.24, 2.45) is 5.92 Å². The van der Waals surface area contributed by atoms with Crippen LogP contribution in [0, 0.1) is 12.8 Å². The highest BCUT2D eigenvalue weighted by Gasteiger charge is 2.26. The monoisotopic (exact) mass is 395 g/mol. The average molecular weight is 396 g/mol. The number of aromatic nitrogens is 3. The van der Waals surface area contributed by atoms with Crippen LogP contribution in [0.2, 0.25) is 0 Å².